The second kappa shape index (κ2) is 9.47. The highest BCUT2D eigenvalue weighted by Crippen LogP contribution is 2.30. The molecule has 0 spiro atoms. The third-order valence-corrected chi connectivity index (χ3v) is 5.03. The van der Waals surface area contributed by atoms with Gasteiger partial charge in [-0.2, -0.15) is 0 Å². The summed E-state index contributed by atoms with van der Waals surface area (Å²) in [5, 5.41) is 3.00. The molecule has 1 N–H and O–H groups in total. The van der Waals surface area contributed by atoms with Gasteiger partial charge < -0.3 is 24.4 Å². The number of fused-ring (bicyclic) bond motifs is 1. The number of carbonyl (C=O) groups excluding carboxylic acids is 1. The van der Waals surface area contributed by atoms with Crippen molar-refractivity contribution < 1.29 is 19.0 Å². The summed E-state index contributed by atoms with van der Waals surface area (Å²) < 4.78 is 16.1. The van der Waals surface area contributed by atoms with Crippen molar-refractivity contribution >= 4 is 12.0 Å². The van der Waals surface area contributed by atoms with Crippen LogP contribution in [0.15, 0.2) is 42.5 Å². The highest BCUT2D eigenvalue weighted by atomic mass is 16.5. The normalized spacial score (nSPS) is 13.8. The van der Waals surface area contributed by atoms with Crippen LogP contribution in [0.3, 0.4) is 0 Å². The van der Waals surface area contributed by atoms with E-state index in [1.807, 2.05) is 38.4 Å². The minimum atomic E-state index is -0.142. The van der Waals surface area contributed by atoms with Crippen LogP contribution in [-0.4, -0.2) is 52.3 Å². The number of nitrogens with zero attached hydrogens (tertiary/aromatic N) is 1. The van der Waals surface area contributed by atoms with Crippen molar-refractivity contribution in [3.8, 4) is 17.2 Å². The van der Waals surface area contributed by atoms with Gasteiger partial charge >= 0.3 is 0 Å². The van der Waals surface area contributed by atoms with Crippen LogP contribution in [0.4, 0.5) is 0 Å². The second-order valence-electron chi connectivity index (χ2n) is 7.14. The van der Waals surface area contributed by atoms with E-state index < -0.39 is 0 Å². The van der Waals surface area contributed by atoms with Crippen LogP contribution in [0.1, 0.15) is 22.7 Å². The molecule has 0 bridgehead atoms. The van der Waals surface area contributed by atoms with Crippen molar-refractivity contribution in [3.05, 3.63) is 59.2 Å². The molecule has 6 nitrogen and oxygen atoms in total. The Balaban J connectivity index is 1.63. The standard InChI is InChI=1S/C23H28N2O4/c1-25(2)19(17-7-9-20-18(14-17)11-12-29-20)15-24-23(26)10-6-16-5-8-21(27-3)22(13-16)28-4/h5-10,13-14,19H,11-12,15H2,1-4H3,(H,24,26)/b10-6+. The number of nitrogens with one attached hydrogen (secondary N) is 1. The summed E-state index contributed by atoms with van der Waals surface area (Å²) in [4.78, 5) is 14.5. The number of rotatable bonds is 8. The van der Waals surface area contributed by atoms with E-state index >= 15 is 0 Å². The molecule has 0 fully saturated rings. The largest absolute Gasteiger partial charge is 0.493 e. The fourth-order valence-electron chi connectivity index (χ4n) is 3.40. The van der Waals surface area contributed by atoms with Crippen LogP contribution < -0.4 is 19.5 Å². The van der Waals surface area contributed by atoms with Gasteiger partial charge in [-0.05, 0) is 55.1 Å². The summed E-state index contributed by atoms with van der Waals surface area (Å²) in [6, 6.07) is 11.9. The Morgan fingerprint density at radius 3 is 2.69 bits per heavy atom. The van der Waals surface area contributed by atoms with E-state index in [0.717, 1.165) is 24.3 Å². The second-order valence-corrected chi connectivity index (χ2v) is 7.14. The first-order valence-corrected chi connectivity index (χ1v) is 9.62. The van der Waals surface area contributed by atoms with E-state index in [1.165, 1.54) is 17.2 Å². The van der Waals surface area contributed by atoms with Crippen molar-refractivity contribution in [2.45, 2.75) is 12.5 Å². The highest BCUT2D eigenvalue weighted by molar-refractivity contribution is 5.91. The average molecular weight is 396 g/mol. The van der Waals surface area contributed by atoms with Crippen molar-refractivity contribution in [1.82, 2.24) is 10.2 Å². The Labute approximate surface area is 172 Å². The van der Waals surface area contributed by atoms with Crippen LogP contribution in [0, 0.1) is 0 Å². The van der Waals surface area contributed by atoms with Gasteiger partial charge in [0, 0.05) is 19.0 Å². The number of hydrogen-bond donors (Lipinski definition) is 1. The summed E-state index contributed by atoms with van der Waals surface area (Å²) in [6.45, 7) is 1.25. The molecule has 1 amide bonds. The average Bonchev–Trinajstić information content (AvgIpc) is 3.19. The molecule has 2 aromatic rings. The summed E-state index contributed by atoms with van der Waals surface area (Å²) in [5.41, 5.74) is 3.26. The molecule has 6 heteroatoms. The molecule has 0 saturated carbocycles. The topological polar surface area (TPSA) is 60.0 Å². The molecule has 1 atom stereocenters. The van der Waals surface area contributed by atoms with E-state index in [9.17, 15) is 4.79 Å². The lowest BCUT2D eigenvalue weighted by Gasteiger charge is -2.25. The molecule has 1 aliphatic rings. The zero-order valence-corrected chi connectivity index (χ0v) is 17.4. The zero-order chi connectivity index (χ0) is 20.8. The lowest BCUT2D eigenvalue weighted by molar-refractivity contribution is -0.116. The molecule has 1 aliphatic heterocycles. The number of likely N-dealkylation sites (N-methyl/N-ethyl adjacent to an activating group) is 1. The van der Waals surface area contributed by atoms with E-state index in [0.29, 0.717) is 18.0 Å². The number of ether oxygens (including phenoxy) is 3. The van der Waals surface area contributed by atoms with E-state index in [1.54, 1.807) is 20.3 Å². The Hall–Kier alpha value is -2.99. The molecule has 3 rings (SSSR count). The molecule has 1 heterocycles. The summed E-state index contributed by atoms with van der Waals surface area (Å²) in [6.07, 6.45) is 4.23. The third-order valence-electron chi connectivity index (χ3n) is 5.03. The Kier molecular flexibility index (Phi) is 6.77. The zero-order valence-electron chi connectivity index (χ0n) is 17.4. The van der Waals surface area contributed by atoms with Crippen molar-refractivity contribution in [2.24, 2.45) is 0 Å². The molecule has 154 valence electrons. The maximum absolute atomic E-state index is 12.3. The first kappa shape index (κ1) is 20.7. The number of hydrogen-bond acceptors (Lipinski definition) is 5. The predicted octanol–water partition coefficient (Wildman–Crippen LogP) is 3.07. The quantitative estimate of drug-likeness (QED) is 0.695. The van der Waals surface area contributed by atoms with Gasteiger partial charge in [-0.1, -0.05) is 18.2 Å². The van der Waals surface area contributed by atoms with Gasteiger partial charge in [0.05, 0.1) is 26.9 Å². The van der Waals surface area contributed by atoms with Gasteiger partial charge in [-0.15, -0.1) is 0 Å². The highest BCUT2D eigenvalue weighted by Gasteiger charge is 2.19. The Morgan fingerprint density at radius 1 is 1.17 bits per heavy atom. The fourth-order valence-corrected chi connectivity index (χ4v) is 3.40. The minimum absolute atomic E-state index is 0.0827. The first-order chi connectivity index (χ1) is 14.0. The van der Waals surface area contributed by atoms with Gasteiger partial charge in [0.15, 0.2) is 11.5 Å². The van der Waals surface area contributed by atoms with Gasteiger partial charge in [0.2, 0.25) is 5.91 Å². The predicted molar refractivity (Wildman–Crippen MR) is 114 cm³/mol. The van der Waals surface area contributed by atoms with Crippen molar-refractivity contribution in [1.29, 1.82) is 0 Å². The number of methoxy groups -OCH3 is 2. The molecule has 1 unspecified atom stereocenters. The summed E-state index contributed by atoms with van der Waals surface area (Å²) >= 11 is 0. The fraction of sp³-hybridized carbons (Fsp3) is 0.348. The van der Waals surface area contributed by atoms with Gasteiger partial charge in [-0.25, -0.2) is 0 Å². The number of benzene rings is 2. The lowest BCUT2D eigenvalue weighted by atomic mass is 10.0. The first-order valence-electron chi connectivity index (χ1n) is 9.62. The van der Waals surface area contributed by atoms with Crippen LogP contribution in [0.25, 0.3) is 6.08 Å². The summed E-state index contributed by atoms with van der Waals surface area (Å²) in [7, 11) is 7.21. The SMILES string of the molecule is COc1ccc(/C=C/C(=O)NCC(c2ccc3c(c2)CCO3)N(C)C)cc1OC. The Bertz CT molecular complexity index is 892. The molecule has 0 aliphatic carbocycles. The number of carbonyl (C=O) groups is 1. The van der Waals surface area contributed by atoms with Crippen LogP contribution in [0.2, 0.25) is 0 Å². The van der Waals surface area contributed by atoms with Gasteiger partial charge in [0.25, 0.3) is 0 Å². The molecule has 0 aromatic heterocycles. The minimum Gasteiger partial charge on any atom is -0.493 e. The molecule has 2 aromatic carbocycles. The molecule has 29 heavy (non-hydrogen) atoms. The summed E-state index contributed by atoms with van der Waals surface area (Å²) in [5.74, 6) is 2.11. The van der Waals surface area contributed by atoms with Crippen LogP contribution in [0.5, 0.6) is 17.2 Å². The maximum Gasteiger partial charge on any atom is 0.244 e. The molecule has 0 radical (unpaired) electrons. The van der Waals surface area contributed by atoms with Gasteiger partial charge in [-0.3, -0.25) is 4.79 Å². The molecule has 0 saturated heterocycles. The lowest BCUT2D eigenvalue weighted by Crippen LogP contribution is -2.33. The third kappa shape index (κ3) is 5.09. The van der Waals surface area contributed by atoms with E-state index in [2.05, 4.69) is 22.3 Å². The molecular weight excluding hydrogens is 368 g/mol. The maximum atomic E-state index is 12.3. The van der Waals surface area contributed by atoms with Gasteiger partial charge in [0.1, 0.15) is 5.75 Å². The van der Waals surface area contributed by atoms with Crippen molar-refractivity contribution in [3.63, 3.8) is 0 Å². The van der Waals surface area contributed by atoms with Crippen LogP contribution in [-0.2, 0) is 11.2 Å². The monoisotopic (exact) mass is 396 g/mol. The van der Waals surface area contributed by atoms with Crippen molar-refractivity contribution in [2.75, 3.05) is 41.5 Å². The smallest absolute Gasteiger partial charge is 0.244 e. The van der Waals surface area contributed by atoms with Crippen LogP contribution >= 0.6 is 0 Å². The van der Waals surface area contributed by atoms with E-state index in [4.69, 9.17) is 14.2 Å². The Morgan fingerprint density at radius 2 is 1.97 bits per heavy atom. The number of amides is 1. The van der Waals surface area contributed by atoms with E-state index in [-0.39, 0.29) is 11.9 Å². The molecular formula is C23H28N2O4.